The van der Waals surface area contributed by atoms with Crippen LogP contribution in [0, 0.1) is 18.5 Å². The van der Waals surface area contributed by atoms with Crippen LogP contribution in [0.3, 0.4) is 0 Å². The molecule has 0 unspecified atom stereocenters. The highest BCUT2D eigenvalue weighted by Crippen LogP contribution is 2.46. The molecule has 2 N–H and O–H groups in total. The lowest BCUT2D eigenvalue weighted by Crippen LogP contribution is -2.47. The largest absolute Gasteiger partial charge is 0.355 e. The molecule has 1 radical (unpaired) electrons. The van der Waals surface area contributed by atoms with Gasteiger partial charge in [0.25, 0.3) is 0 Å². The number of piperidine rings is 1. The third-order valence-corrected chi connectivity index (χ3v) is 8.07. The Morgan fingerprint density at radius 3 is 2.76 bits per heavy atom. The summed E-state index contributed by atoms with van der Waals surface area (Å²) >= 11 is 1.67. The van der Waals surface area contributed by atoms with Gasteiger partial charge in [0.2, 0.25) is 0 Å². The van der Waals surface area contributed by atoms with Crippen LogP contribution < -0.4 is 10.6 Å². The molecule has 5 rings (SSSR count). The molecule has 0 amide bonds. The fourth-order valence-corrected chi connectivity index (χ4v) is 6.10. The number of fused-ring (bicyclic) bond motifs is 1. The Morgan fingerprint density at radius 1 is 1.21 bits per heavy atom. The fraction of sp³-hybridized carbons (Fsp3) is 0.478. The Balaban J connectivity index is 1.34. The van der Waals surface area contributed by atoms with Crippen LogP contribution in [0.2, 0.25) is 0 Å². The van der Waals surface area contributed by atoms with E-state index in [1.807, 2.05) is 0 Å². The highest BCUT2D eigenvalue weighted by atomic mass is 32.2. The number of nitrogens with two attached hydrogens (primary N) is 1. The fourth-order valence-electron chi connectivity index (χ4n) is 5.11. The summed E-state index contributed by atoms with van der Waals surface area (Å²) in [6.45, 7) is 4.07. The van der Waals surface area contributed by atoms with Gasteiger partial charge in [-0.25, -0.2) is 9.97 Å². The van der Waals surface area contributed by atoms with E-state index in [2.05, 4.69) is 65.1 Å². The lowest BCUT2D eigenvalue weighted by atomic mass is 9.74. The smallest absolute Gasteiger partial charge is 0.157 e. The van der Waals surface area contributed by atoms with Crippen LogP contribution in [0.25, 0.3) is 10.9 Å². The van der Waals surface area contributed by atoms with E-state index in [1.165, 1.54) is 35.1 Å². The Bertz CT molecular complexity index is 1030. The number of para-hydroxylation sites is 1. The molecule has 6 heteroatoms. The van der Waals surface area contributed by atoms with Gasteiger partial charge in [-0.1, -0.05) is 30.3 Å². The molecule has 2 aromatic heterocycles. The van der Waals surface area contributed by atoms with E-state index < -0.39 is 0 Å². The maximum absolute atomic E-state index is 6.43. The first-order chi connectivity index (χ1) is 14.1. The van der Waals surface area contributed by atoms with E-state index in [0.717, 1.165) is 42.5 Å². The Kier molecular flexibility index (Phi) is 4.79. The summed E-state index contributed by atoms with van der Waals surface area (Å²) in [6, 6.07) is 8.92. The molecule has 1 aliphatic heterocycles. The average Bonchev–Trinajstić information content (AvgIpc) is 3.28. The molecule has 1 atom stereocenters. The van der Waals surface area contributed by atoms with Gasteiger partial charge in [0.1, 0.15) is 11.2 Å². The summed E-state index contributed by atoms with van der Waals surface area (Å²) in [5.74, 6) is 0.880. The Hall–Kier alpha value is -2.05. The zero-order chi connectivity index (χ0) is 20.0. The van der Waals surface area contributed by atoms with Gasteiger partial charge in [0, 0.05) is 42.7 Å². The molecular formula is C23H28N5S. The minimum atomic E-state index is 0.364. The second-order valence-corrected chi connectivity index (χ2v) is 9.65. The van der Waals surface area contributed by atoms with Crippen LogP contribution in [-0.4, -0.2) is 33.7 Å². The van der Waals surface area contributed by atoms with Gasteiger partial charge in [0.15, 0.2) is 5.82 Å². The predicted octanol–water partition coefficient (Wildman–Crippen LogP) is 4.33. The van der Waals surface area contributed by atoms with Gasteiger partial charge in [0.05, 0.1) is 11.2 Å². The van der Waals surface area contributed by atoms with E-state index in [1.54, 1.807) is 11.8 Å². The Labute approximate surface area is 176 Å². The number of rotatable bonds is 3. The summed E-state index contributed by atoms with van der Waals surface area (Å²) < 4.78 is 2.16. The minimum Gasteiger partial charge on any atom is -0.355 e. The van der Waals surface area contributed by atoms with Gasteiger partial charge in [-0.3, -0.25) is 0 Å². The van der Waals surface area contributed by atoms with Crippen LogP contribution in [-0.2, 0) is 7.05 Å². The van der Waals surface area contributed by atoms with Gasteiger partial charge in [-0.15, -0.1) is 0 Å². The normalized spacial score (nSPS) is 21.3. The number of nitrogens with zero attached hydrogens (tertiary/aromatic N) is 4. The molecule has 1 aliphatic carbocycles. The van der Waals surface area contributed by atoms with E-state index in [-0.39, 0.29) is 0 Å². The third-order valence-electron chi connectivity index (χ3n) is 6.94. The van der Waals surface area contributed by atoms with Crippen molar-refractivity contribution >= 4 is 28.5 Å². The minimum absolute atomic E-state index is 0.364. The topological polar surface area (TPSA) is 60.0 Å². The first-order valence-electron chi connectivity index (χ1n) is 10.5. The average molecular weight is 407 g/mol. The first-order valence-corrected chi connectivity index (χ1v) is 11.4. The van der Waals surface area contributed by atoms with Crippen LogP contribution in [0.4, 0.5) is 5.82 Å². The van der Waals surface area contributed by atoms with Crippen molar-refractivity contribution in [3.8, 4) is 0 Å². The molecule has 0 bridgehead atoms. The van der Waals surface area contributed by atoms with Crippen molar-refractivity contribution in [1.82, 2.24) is 14.5 Å². The van der Waals surface area contributed by atoms with Crippen LogP contribution in [0.1, 0.15) is 37.8 Å². The maximum Gasteiger partial charge on any atom is 0.157 e. The van der Waals surface area contributed by atoms with Gasteiger partial charge in [-0.05, 0) is 50.2 Å². The first kappa shape index (κ1) is 18.9. The molecular weight excluding hydrogens is 378 g/mol. The lowest BCUT2D eigenvalue weighted by Gasteiger charge is -2.42. The second-order valence-electron chi connectivity index (χ2n) is 8.62. The molecule has 3 aromatic rings. The molecule has 3 heterocycles. The van der Waals surface area contributed by atoms with Crippen LogP contribution >= 0.6 is 11.8 Å². The zero-order valence-electron chi connectivity index (χ0n) is 17.2. The van der Waals surface area contributed by atoms with Crippen molar-refractivity contribution < 1.29 is 0 Å². The van der Waals surface area contributed by atoms with Gasteiger partial charge >= 0.3 is 0 Å². The number of aryl methyl sites for hydroxylation is 2. The summed E-state index contributed by atoms with van der Waals surface area (Å²) in [4.78, 5) is 13.1. The molecule has 2 fully saturated rings. The summed E-state index contributed by atoms with van der Waals surface area (Å²) in [5, 5.41) is 2.17. The molecule has 2 aliphatic rings. The molecule has 29 heavy (non-hydrogen) atoms. The number of hydrogen-bond donors (Lipinski definition) is 1. The number of hydrogen-bond acceptors (Lipinski definition) is 5. The van der Waals surface area contributed by atoms with E-state index in [4.69, 9.17) is 10.7 Å². The van der Waals surface area contributed by atoms with Crippen molar-refractivity contribution in [1.29, 1.82) is 0 Å². The molecule has 151 valence electrons. The Morgan fingerprint density at radius 2 is 2.03 bits per heavy atom. The molecule has 5 nitrogen and oxygen atoms in total. The van der Waals surface area contributed by atoms with Gasteiger partial charge in [-0.2, -0.15) is 0 Å². The third kappa shape index (κ3) is 3.32. The standard InChI is InChI=1S/C23H28N5S/c1-16-22(29-18-6-3-5-17-8-12-27(2)21(17)18)25-15-20(26-16)28-13-10-23(11-14-28)9-4-7-19(23)24/h3,5-6,8,12,19H,4,7,9-11,13-14,24H2,1-2H3/t19-/m1/s1. The van der Waals surface area contributed by atoms with Crippen molar-refractivity contribution in [3.63, 3.8) is 0 Å². The summed E-state index contributed by atoms with van der Waals surface area (Å²) in [5.41, 5.74) is 8.99. The number of anilines is 1. The molecule has 1 saturated carbocycles. The van der Waals surface area contributed by atoms with Crippen LogP contribution in [0.5, 0.6) is 0 Å². The molecule has 1 aromatic carbocycles. The predicted molar refractivity (Wildman–Crippen MR) is 118 cm³/mol. The van der Waals surface area contributed by atoms with E-state index in [9.17, 15) is 0 Å². The monoisotopic (exact) mass is 406 g/mol. The highest BCUT2D eigenvalue weighted by molar-refractivity contribution is 7.99. The van der Waals surface area contributed by atoms with E-state index >= 15 is 0 Å². The van der Waals surface area contributed by atoms with Crippen molar-refractivity contribution in [3.05, 3.63) is 42.4 Å². The second kappa shape index (κ2) is 7.33. The number of aromatic nitrogens is 3. The highest BCUT2D eigenvalue weighted by Gasteiger charge is 2.43. The molecule has 1 saturated heterocycles. The van der Waals surface area contributed by atoms with Crippen molar-refractivity contribution in [2.24, 2.45) is 18.2 Å². The van der Waals surface area contributed by atoms with Crippen molar-refractivity contribution in [2.75, 3.05) is 18.0 Å². The lowest BCUT2D eigenvalue weighted by molar-refractivity contribution is 0.197. The number of benzene rings is 1. The summed E-state index contributed by atoms with van der Waals surface area (Å²) in [6.07, 6.45) is 11.4. The van der Waals surface area contributed by atoms with Crippen LogP contribution in [0.15, 0.2) is 40.4 Å². The molecule has 1 spiro atoms. The zero-order valence-corrected chi connectivity index (χ0v) is 18.0. The summed E-state index contributed by atoms with van der Waals surface area (Å²) in [7, 11) is 2.08. The SMILES string of the molecule is Cc1nc(N2CCC3(CCC[C@H]3N)CC2)[c]nc1Sc1cccc2ccn(C)c12. The quantitative estimate of drug-likeness (QED) is 0.702. The van der Waals surface area contributed by atoms with Crippen molar-refractivity contribution in [2.45, 2.75) is 55.0 Å². The van der Waals surface area contributed by atoms with Gasteiger partial charge < -0.3 is 15.2 Å². The maximum atomic E-state index is 6.43. The van der Waals surface area contributed by atoms with E-state index in [0.29, 0.717) is 11.5 Å².